The number of carboxylic acid groups (broad SMARTS) is 2. The molecule has 51 heavy (non-hydrogen) atoms. The molecule has 0 spiro atoms. The monoisotopic (exact) mass is 749 g/mol. The molecule has 0 radical (unpaired) electrons. The van der Waals surface area contributed by atoms with E-state index in [0.717, 1.165) is 0 Å². The molecule has 300 valence electrons. The third kappa shape index (κ3) is 24.9. The van der Waals surface area contributed by atoms with E-state index >= 15 is 0 Å². The zero-order valence-corrected chi connectivity index (χ0v) is 28.5. The van der Waals surface area contributed by atoms with Crippen molar-refractivity contribution in [3.8, 4) is 0 Å². The number of hydrogen-bond donors (Lipinski definition) is 10. The number of ether oxygens (including phenoxy) is 7. The van der Waals surface area contributed by atoms with Gasteiger partial charge in [-0.2, -0.15) is 0 Å². The molecular formula is C29H55N3O19. The fourth-order valence-electron chi connectivity index (χ4n) is 3.86. The summed E-state index contributed by atoms with van der Waals surface area (Å²) in [6.45, 7) is -4.99. The fraction of sp³-hybridized carbons (Fsp3) is 0.862. The third-order valence-electron chi connectivity index (χ3n) is 6.47. The Kier molecular flexibility index (Phi) is 29.0. The van der Waals surface area contributed by atoms with Crippen molar-refractivity contribution < 1.29 is 93.2 Å². The van der Waals surface area contributed by atoms with Gasteiger partial charge in [-0.25, -0.2) is 4.79 Å². The Hall–Kier alpha value is -2.84. The fourth-order valence-corrected chi connectivity index (χ4v) is 3.86. The summed E-state index contributed by atoms with van der Waals surface area (Å²) in [6.07, 6.45) is -8.36. The lowest BCUT2D eigenvalue weighted by Gasteiger charge is -2.28. The lowest BCUT2D eigenvalue weighted by atomic mass is 10.2. The van der Waals surface area contributed by atoms with Crippen LogP contribution in [0.15, 0.2) is 0 Å². The van der Waals surface area contributed by atoms with Gasteiger partial charge in [-0.3, -0.25) is 14.4 Å². The van der Waals surface area contributed by atoms with Gasteiger partial charge in [0.05, 0.1) is 65.9 Å². The van der Waals surface area contributed by atoms with Crippen LogP contribution in [0.3, 0.4) is 0 Å². The minimum Gasteiger partial charge on any atom is -0.481 e. The van der Waals surface area contributed by atoms with Crippen LogP contribution < -0.4 is 11.1 Å². The lowest BCUT2D eigenvalue weighted by molar-refractivity contribution is -0.254. The molecule has 0 rings (SSSR count). The largest absolute Gasteiger partial charge is 0.481 e. The molecule has 0 aromatic rings. The Morgan fingerprint density at radius 3 is 1.67 bits per heavy atom. The minimum atomic E-state index is -1.44. The van der Waals surface area contributed by atoms with Gasteiger partial charge in [-0.05, 0) is 19.4 Å². The third-order valence-corrected chi connectivity index (χ3v) is 6.47. The number of alkyl carbamates (subject to hydrolysis) is 1. The molecule has 0 aromatic carbocycles. The number of carbonyl (C=O) groups is 4. The number of nitrogens with zero attached hydrogens (tertiary/aromatic N) is 1. The zero-order chi connectivity index (χ0) is 38.4. The van der Waals surface area contributed by atoms with Gasteiger partial charge < -0.3 is 90.0 Å². The van der Waals surface area contributed by atoms with Crippen LogP contribution in [0.4, 0.5) is 4.79 Å². The summed E-state index contributed by atoms with van der Waals surface area (Å²) in [6, 6.07) is 0. The predicted molar refractivity (Wildman–Crippen MR) is 170 cm³/mol. The number of amides is 2. The molecular weight excluding hydrogens is 694 g/mol. The highest BCUT2D eigenvalue weighted by Crippen LogP contribution is 2.10. The van der Waals surface area contributed by atoms with Gasteiger partial charge in [0.1, 0.15) is 24.9 Å². The van der Waals surface area contributed by atoms with E-state index in [1.54, 1.807) is 0 Å². The number of nitrogens with one attached hydrogen (secondary N) is 1. The van der Waals surface area contributed by atoms with Crippen molar-refractivity contribution in [1.82, 2.24) is 10.2 Å². The molecule has 0 aliphatic rings. The van der Waals surface area contributed by atoms with Crippen LogP contribution in [0.5, 0.6) is 0 Å². The van der Waals surface area contributed by atoms with Gasteiger partial charge in [0.25, 0.3) is 0 Å². The molecule has 0 aliphatic heterocycles. The molecule has 0 aliphatic carbocycles. The molecule has 0 saturated carbocycles. The minimum absolute atomic E-state index is 0.0115. The van der Waals surface area contributed by atoms with E-state index in [1.165, 1.54) is 4.90 Å². The van der Waals surface area contributed by atoms with Crippen molar-refractivity contribution in [2.45, 2.75) is 69.3 Å². The topological polar surface area (TPSA) is 336 Å². The van der Waals surface area contributed by atoms with E-state index in [4.69, 9.17) is 49.1 Å². The average Bonchev–Trinajstić information content (AvgIpc) is 3.11. The highest BCUT2D eigenvalue weighted by Gasteiger charge is 2.25. The first-order valence-electron chi connectivity index (χ1n) is 16.2. The zero-order valence-electron chi connectivity index (χ0n) is 28.5. The molecule has 0 heterocycles. The maximum Gasteiger partial charge on any atom is 0.407 e. The quantitative estimate of drug-likeness (QED) is 0.0279. The maximum absolute atomic E-state index is 12.5. The van der Waals surface area contributed by atoms with E-state index in [1.807, 2.05) is 0 Å². The smallest absolute Gasteiger partial charge is 0.407 e. The molecule has 5 atom stereocenters. The van der Waals surface area contributed by atoms with E-state index < -0.39 is 115 Å². The van der Waals surface area contributed by atoms with Crippen LogP contribution in [-0.2, 0) is 47.5 Å². The van der Waals surface area contributed by atoms with Crippen LogP contribution in [0.1, 0.15) is 32.1 Å². The molecule has 0 aromatic heterocycles. The van der Waals surface area contributed by atoms with Crippen LogP contribution >= 0.6 is 0 Å². The summed E-state index contributed by atoms with van der Waals surface area (Å²) in [4.78, 5) is 47.4. The van der Waals surface area contributed by atoms with Crippen molar-refractivity contribution >= 4 is 23.9 Å². The van der Waals surface area contributed by atoms with Crippen LogP contribution in [0.25, 0.3) is 0 Å². The second-order valence-corrected chi connectivity index (χ2v) is 10.6. The van der Waals surface area contributed by atoms with Crippen molar-refractivity contribution in [2.24, 2.45) is 5.73 Å². The van der Waals surface area contributed by atoms with E-state index in [2.05, 4.69) is 5.32 Å². The van der Waals surface area contributed by atoms with Crippen molar-refractivity contribution in [3.05, 3.63) is 0 Å². The number of rotatable bonds is 34. The number of nitrogens with two attached hydrogens (primary N) is 1. The first kappa shape index (κ1) is 48.2. The molecule has 0 saturated heterocycles. The standard InChI is InChI=1S/C29H55N3O19/c30-6-2-8-32(23(39)3-1-4-24(40)41)9-10-45-26(14-36)50-21(13-35)17-46-28(16-38)51-22(19-48-29(44)31-7-5-25(42)43)18-47-27(15-37)49-20(11-33)12-34/h20-22,26-28,33-38H,1-19,30H2,(H,31,44)(H,40,41)(H,42,43). The van der Waals surface area contributed by atoms with Crippen LogP contribution in [0.2, 0.25) is 0 Å². The normalized spacial score (nSPS) is 14.4. The Morgan fingerprint density at radius 1 is 0.608 bits per heavy atom. The van der Waals surface area contributed by atoms with Crippen molar-refractivity contribution in [1.29, 1.82) is 0 Å². The molecule has 0 fully saturated rings. The Morgan fingerprint density at radius 2 is 1.14 bits per heavy atom. The first-order chi connectivity index (χ1) is 24.5. The number of aliphatic carboxylic acids is 2. The van der Waals surface area contributed by atoms with Gasteiger partial charge in [0.15, 0.2) is 18.9 Å². The van der Waals surface area contributed by atoms with E-state index in [9.17, 15) is 49.8 Å². The summed E-state index contributed by atoms with van der Waals surface area (Å²) in [5.74, 6) is -2.47. The molecule has 11 N–H and O–H groups in total. The molecule has 0 bridgehead atoms. The van der Waals surface area contributed by atoms with Gasteiger partial charge in [0.2, 0.25) is 5.91 Å². The van der Waals surface area contributed by atoms with Crippen molar-refractivity contribution in [3.63, 3.8) is 0 Å². The van der Waals surface area contributed by atoms with Gasteiger partial charge in [-0.1, -0.05) is 0 Å². The summed E-state index contributed by atoms with van der Waals surface area (Å²) in [5.41, 5.74) is 5.55. The van der Waals surface area contributed by atoms with Crippen LogP contribution in [0, 0.1) is 0 Å². The SMILES string of the molecule is NCCCN(CCOC(CO)OC(CO)COC(CO)OC(COC(=O)NCCC(=O)O)COC(CO)OC(CO)CO)C(=O)CCCC(=O)O. The Labute approximate surface area is 294 Å². The average molecular weight is 750 g/mol. The van der Waals surface area contributed by atoms with Gasteiger partial charge in [-0.15, -0.1) is 0 Å². The first-order valence-corrected chi connectivity index (χ1v) is 16.2. The summed E-state index contributed by atoms with van der Waals surface area (Å²) in [5, 5.41) is 77.2. The van der Waals surface area contributed by atoms with E-state index in [-0.39, 0.29) is 51.3 Å². The van der Waals surface area contributed by atoms with Crippen molar-refractivity contribution in [2.75, 3.05) is 92.2 Å². The summed E-state index contributed by atoms with van der Waals surface area (Å²) < 4.78 is 37.8. The molecule has 5 unspecified atom stereocenters. The number of aliphatic hydroxyl groups excluding tert-OH is 6. The predicted octanol–water partition coefficient (Wildman–Crippen LogP) is -4.24. The lowest BCUT2D eigenvalue weighted by Crippen LogP contribution is -2.41. The summed E-state index contributed by atoms with van der Waals surface area (Å²) in [7, 11) is 0. The highest BCUT2D eigenvalue weighted by molar-refractivity contribution is 5.77. The van der Waals surface area contributed by atoms with Crippen LogP contribution in [-0.4, -0.2) is 199 Å². The van der Waals surface area contributed by atoms with Gasteiger partial charge in [0, 0.05) is 32.5 Å². The second kappa shape index (κ2) is 30.8. The Balaban J connectivity index is 5.25. The highest BCUT2D eigenvalue weighted by atomic mass is 16.7. The number of hydrogen-bond acceptors (Lipinski definition) is 18. The molecule has 22 nitrogen and oxygen atoms in total. The Bertz CT molecular complexity index is 931. The number of carbonyl (C=O) groups excluding carboxylic acids is 2. The molecule has 22 heteroatoms. The number of aliphatic hydroxyl groups is 6. The number of carboxylic acids is 2. The molecule has 2 amide bonds. The van der Waals surface area contributed by atoms with E-state index in [0.29, 0.717) is 19.5 Å². The maximum atomic E-state index is 12.5. The summed E-state index contributed by atoms with van der Waals surface area (Å²) >= 11 is 0. The second-order valence-electron chi connectivity index (χ2n) is 10.6. The van der Waals surface area contributed by atoms with Gasteiger partial charge >= 0.3 is 18.0 Å².